The Balaban J connectivity index is 1.78. The molecular formula is C17H26N4O2. The predicted molar refractivity (Wildman–Crippen MR) is 92.8 cm³/mol. The van der Waals surface area contributed by atoms with E-state index in [9.17, 15) is 9.59 Å². The molecule has 0 aromatic heterocycles. The lowest BCUT2D eigenvalue weighted by molar-refractivity contribution is -0.115. The van der Waals surface area contributed by atoms with Gasteiger partial charge in [0.1, 0.15) is 0 Å². The molecule has 0 bridgehead atoms. The van der Waals surface area contributed by atoms with E-state index in [1.54, 1.807) is 0 Å². The van der Waals surface area contributed by atoms with Crippen LogP contribution >= 0.6 is 0 Å². The third-order valence-electron chi connectivity index (χ3n) is 3.70. The van der Waals surface area contributed by atoms with E-state index in [-0.39, 0.29) is 24.5 Å². The van der Waals surface area contributed by atoms with Gasteiger partial charge in [-0.15, -0.1) is 0 Å². The first-order chi connectivity index (χ1) is 11.0. The number of amides is 3. The van der Waals surface area contributed by atoms with Crippen LogP contribution in [0.25, 0.3) is 0 Å². The number of hydrogen-bond donors (Lipinski definition) is 3. The third kappa shape index (κ3) is 5.81. The maximum Gasteiger partial charge on any atom is 0.315 e. The molecule has 3 N–H and O–H groups in total. The molecule has 126 valence electrons. The number of benzene rings is 1. The Morgan fingerprint density at radius 2 is 1.74 bits per heavy atom. The Hall–Kier alpha value is -2.24. The van der Waals surface area contributed by atoms with Gasteiger partial charge >= 0.3 is 6.03 Å². The number of urea groups is 1. The molecule has 3 amide bonds. The van der Waals surface area contributed by atoms with Crippen LogP contribution in [-0.4, -0.2) is 37.6 Å². The van der Waals surface area contributed by atoms with Crippen molar-refractivity contribution in [3.8, 4) is 0 Å². The van der Waals surface area contributed by atoms with Gasteiger partial charge in [-0.3, -0.25) is 4.79 Å². The quantitative estimate of drug-likeness (QED) is 0.780. The van der Waals surface area contributed by atoms with Crippen molar-refractivity contribution in [1.29, 1.82) is 0 Å². The second-order valence-electron chi connectivity index (χ2n) is 6.12. The summed E-state index contributed by atoms with van der Waals surface area (Å²) in [6.45, 7) is 5.88. The Labute approximate surface area is 137 Å². The maximum atomic E-state index is 11.8. The number of carbonyl (C=O) groups is 2. The summed E-state index contributed by atoms with van der Waals surface area (Å²) >= 11 is 0. The standard InChI is InChI=1S/C17H26N4O2/c1-13(2)19-17(23)18-12-16(22)20-14-6-8-15(9-7-14)21-10-4-3-5-11-21/h6-9,13H,3-5,10-12H2,1-2H3,(H,20,22)(H2,18,19,23). The van der Waals surface area contributed by atoms with E-state index in [0.29, 0.717) is 0 Å². The Morgan fingerprint density at radius 3 is 2.35 bits per heavy atom. The molecule has 0 aliphatic carbocycles. The normalized spacial score (nSPS) is 14.5. The highest BCUT2D eigenvalue weighted by molar-refractivity contribution is 5.94. The number of hydrogen-bond acceptors (Lipinski definition) is 3. The van der Waals surface area contributed by atoms with Crippen molar-refractivity contribution in [3.63, 3.8) is 0 Å². The zero-order valence-corrected chi connectivity index (χ0v) is 13.9. The average molecular weight is 318 g/mol. The highest BCUT2D eigenvalue weighted by atomic mass is 16.2. The van der Waals surface area contributed by atoms with Crippen LogP contribution in [0, 0.1) is 0 Å². The molecular weight excluding hydrogens is 292 g/mol. The Bertz CT molecular complexity index is 522. The zero-order valence-electron chi connectivity index (χ0n) is 13.9. The summed E-state index contributed by atoms with van der Waals surface area (Å²) in [4.78, 5) is 25.6. The second kappa shape index (κ2) is 8.41. The van der Waals surface area contributed by atoms with Gasteiger partial charge in [-0.25, -0.2) is 4.79 Å². The lowest BCUT2D eigenvalue weighted by Crippen LogP contribution is -2.42. The number of rotatable bonds is 5. The van der Waals surface area contributed by atoms with E-state index in [1.165, 1.54) is 24.9 Å². The van der Waals surface area contributed by atoms with Crippen LogP contribution in [0.1, 0.15) is 33.1 Å². The zero-order chi connectivity index (χ0) is 16.7. The van der Waals surface area contributed by atoms with Gasteiger partial charge in [-0.1, -0.05) is 0 Å². The number of nitrogens with one attached hydrogen (secondary N) is 3. The van der Waals surface area contributed by atoms with Gasteiger partial charge in [0, 0.05) is 30.5 Å². The van der Waals surface area contributed by atoms with Crippen molar-refractivity contribution >= 4 is 23.3 Å². The first-order valence-corrected chi connectivity index (χ1v) is 8.24. The second-order valence-corrected chi connectivity index (χ2v) is 6.12. The van der Waals surface area contributed by atoms with Crippen molar-refractivity contribution in [2.24, 2.45) is 0 Å². The summed E-state index contributed by atoms with van der Waals surface area (Å²) in [5.74, 6) is -0.241. The fourth-order valence-corrected chi connectivity index (χ4v) is 2.59. The molecule has 2 rings (SSSR count). The van der Waals surface area contributed by atoms with Crippen LogP contribution in [-0.2, 0) is 4.79 Å². The van der Waals surface area contributed by atoms with E-state index in [4.69, 9.17) is 0 Å². The lowest BCUT2D eigenvalue weighted by Gasteiger charge is -2.28. The van der Waals surface area contributed by atoms with Crippen molar-refractivity contribution in [3.05, 3.63) is 24.3 Å². The number of carbonyl (C=O) groups excluding carboxylic acids is 2. The van der Waals surface area contributed by atoms with Crippen LogP contribution in [0.4, 0.5) is 16.2 Å². The van der Waals surface area contributed by atoms with Gasteiger partial charge < -0.3 is 20.9 Å². The minimum Gasteiger partial charge on any atom is -0.372 e. The van der Waals surface area contributed by atoms with Gasteiger partial charge in [0.15, 0.2) is 0 Å². The summed E-state index contributed by atoms with van der Waals surface area (Å²) in [6, 6.07) is 7.56. The highest BCUT2D eigenvalue weighted by Gasteiger charge is 2.11. The summed E-state index contributed by atoms with van der Waals surface area (Å²) in [6.07, 6.45) is 3.78. The molecule has 1 aromatic carbocycles. The molecule has 0 saturated carbocycles. The van der Waals surface area contributed by atoms with Crippen molar-refractivity contribution in [2.45, 2.75) is 39.2 Å². The first-order valence-electron chi connectivity index (χ1n) is 8.24. The van der Waals surface area contributed by atoms with E-state index < -0.39 is 0 Å². The topological polar surface area (TPSA) is 73.5 Å². The van der Waals surface area contributed by atoms with Gasteiger partial charge in [-0.2, -0.15) is 0 Å². The molecule has 6 heteroatoms. The van der Waals surface area contributed by atoms with Crippen molar-refractivity contribution in [2.75, 3.05) is 29.9 Å². The first kappa shape index (κ1) is 17.1. The van der Waals surface area contributed by atoms with E-state index in [2.05, 4.69) is 20.9 Å². The monoisotopic (exact) mass is 318 g/mol. The summed E-state index contributed by atoms with van der Waals surface area (Å²) in [5.41, 5.74) is 1.93. The molecule has 1 heterocycles. The fourth-order valence-electron chi connectivity index (χ4n) is 2.59. The molecule has 0 spiro atoms. The SMILES string of the molecule is CC(C)NC(=O)NCC(=O)Nc1ccc(N2CCCCC2)cc1. The lowest BCUT2D eigenvalue weighted by atomic mass is 10.1. The molecule has 23 heavy (non-hydrogen) atoms. The number of anilines is 2. The molecule has 1 fully saturated rings. The van der Waals surface area contributed by atoms with Crippen LogP contribution < -0.4 is 20.9 Å². The van der Waals surface area contributed by atoms with E-state index >= 15 is 0 Å². The van der Waals surface area contributed by atoms with Crippen LogP contribution in [0.5, 0.6) is 0 Å². The molecule has 0 unspecified atom stereocenters. The summed E-state index contributed by atoms with van der Waals surface area (Å²) in [7, 11) is 0. The average Bonchev–Trinajstić information content (AvgIpc) is 2.54. The molecule has 0 atom stereocenters. The van der Waals surface area contributed by atoms with Gasteiger partial charge in [0.2, 0.25) is 5.91 Å². The van der Waals surface area contributed by atoms with E-state index in [1.807, 2.05) is 38.1 Å². The van der Waals surface area contributed by atoms with Gasteiger partial charge in [-0.05, 0) is 57.4 Å². The summed E-state index contributed by atoms with van der Waals surface area (Å²) < 4.78 is 0. The van der Waals surface area contributed by atoms with Gasteiger partial charge in [0.25, 0.3) is 0 Å². The molecule has 1 aliphatic heterocycles. The third-order valence-corrected chi connectivity index (χ3v) is 3.70. The highest BCUT2D eigenvalue weighted by Crippen LogP contribution is 2.21. The minimum atomic E-state index is -0.337. The smallest absolute Gasteiger partial charge is 0.315 e. The molecule has 0 radical (unpaired) electrons. The van der Waals surface area contributed by atoms with Gasteiger partial charge in [0.05, 0.1) is 6.54 Å². The fraction of sp³-hybridized carbons (Fsp3) is 0.529. The number of nitrogens with zero attached hydrogens (tertiary/aromatic N) is 1. The van der Waals surface area contributed by atoms with Crippen LogP contribution in [0.2, 0.25) is 0 Å². The Morgan fingerprint density at radius 1 is 1.09 bits per heavy atom. The summed E-state index contributed by atoms with van der Waals surface area (Å²) in [5, 5.41) is 7.98. The number of piperidine rings is 1. The van der Waals surface area contributed by atoms with Crippen LogP contribution in [0.15, 0.2) is 24.3 Å². The van der Waals surface area contributed by atoms with Crippen molar-refractivity contribution in [1.82, 2.24) is 10.6 Å². The van der Waals surface area contributed by atoms with E-state index in [0.717, 1.165) is 18.8 Å². The van der Waals surface area contributed by atoms with Crippen molar-refractivity contribution < 1.29 is 9.59 Å². The molecule has 1 saturated heterocycles. The molecule has 1 aromatic rings. The molecule has 1 aliphatic rings. The maximum absolute atomic E-state index is 11.8. The van der Waals surface area contributed by atoms with Crippen LogP contribution in [0.3, 0.4) is 0 Å². The largest absolute Gasteiger partial charge is 0.372 e. The molecule has 6 nitrogen and oxygen atoms in total. The predicted octanol–water partition coefficient (Wildman–Crippen LogP) is 2.32. The Kier molecular flexibility index (Phi) is 6.26. The minimum absolute atomic E-state index is 0.0420.